The van der Waals surface area contributed by atoms with E-state index >= 15 is 0 Å². The van der Waals surface area contributed by atoms with Crippen molar-refractivity contribution in [1.82, 2.24) is 14.1 Å². The monoisotopic (exact) mass is 331 g/mol. The molecule has 1 unspecified atom stereocenters. The quantitative estimate of drug-likeness (QED) is 0.557. The van der Waals surface area contributed by atoms with Crippen molar-refractivity contribution in [3.05, 3.63) is 11.6 Å². The van der Waals surface area contributed by atoms with Gasteiger partial charge in [-0.25, -0.2) is 19.0 Å². The van der Waals surface area contributed by atoms with Crippen molar-refractivity contribution in [3.63, 3.8) is 0 Å². The minimum absolute atomic E-state index is 0.0213. The number of hydrogen-bond donors (Lipinski definition) is 3. The second-order valence-corrected chi connectivity index (χ2v) is 7.76. The molecule has 116 valence electrons. The molecule has 0 saturated carbocycles. The second kappa shape index (κ2) is 5.21. The average Bonchev–Trinajstić information content (AvgIpc) is 2.97. The number of rotatable bonds is 4. The normalized spacial score (nSPS) is 23.5. The van der Waals surface area contributed by atoms with Crippen LogP contribution in [-0.4, -0.2) is 36.6 Å². The number of nitrogens with one attached hydrogen (secondary N) is 2. The van der Waals surface area contributed by atoms with E-state index in [1.807, 2.05) is 6.92 Å². The van der Waals surface area contributed by atoms with Crippen molar-refractivity contribution in [3.8, 4) is 0 Å². The number of fused-ring (bicyclic) bond motifs is 1. The third-order valence-electron chi connectivity index (χ3n) is 3.43. The van der Waals surface area contributed by atoms with E-state index < -0.39 is 15.6 Å². The van der Waals surface area contributed by atoms with Crippen LogP contribution in [0.4, 0.5) is 5.82 Å². The van der Waals surface area contributed by atoms with Gasteiger partial charge in [0.15, 0.2) is 10.8 Å². The zero-order valence-corrected chi connectivity index (χ0v) is 13.1. The first-order valence-corrected chi connectivity index (χ1v) is 8.85. The van der Waals surface area contributed by atoms with E-state index in [1.165, 1.54) is 15.7 Å². The lowest BCUT2D eigenvalue weighted by Crippen LogP contribution is -2.51. The van der Waals surface area contributed by atoms with Crippen LogP contribution in [0.3, 0.4) is 0 Å². The van der Waals surface area contributed by atoms with Gasteiger partial charge < -0.3 is 10.2 Å². The number of anilines is 1. The molecule has 1 fully saturated rings. The number of nitrogens with zero attached hydrogens (tertiary/aromatic N) is 2. The van der Waals surface area contributed by atoms with Crippen LogP contribution >= 0.6 is 11.3 Å². The number of aromatic nitrogens is 2. The molecule has 21 heavy (non-hydrogen) atoms. The molecule has 3 heterocycles. The SMILES string of the molecule is CC1(NS(=O)(=O)c2c(NN)nc3sccn23)CCCOC1. The summed E-state index contributed by atoms with van der Waals surface area (Å²) in [5, 5.41) is 1.79. The highest BCUT2D eigenvalue weighted by atomic mass is 32.2. The first kappa shape index (κ1) is 14.7. The lowest BCUT2D eigenvalue weighted by atomic mass is 9.97. The molecule has 0 bridgehead atoms. The minimum Gasteiger partial charge on any atom is -0.380 e. The fourth-order valence-electron chi connectivity index (χ4n) is 2.50. The van der Waals surface area contributed by atoms with Gasteiger partial charge in [0.25, 0.3) is 10.0 Å². The predicted molar refractivity (Wildman–Crippen MR) is 79.7 cm³/mol. The van der Waals surface area contributed by atoms with E-state index in [0.29, 0.717) is 18.2 Å². The fourth-order valence-corrected chi connectivity index (χ4v) is 4.95. The third-order valence-corrected chi connectivity index (χ3v) is 5.85. The first-order chi connectivity index (χ1) is 9.95. The number of thiazole rings is 1. The zero-order valence-electron chi connectivity index (χ0n) is 11.5. The Morgan fingerprint density at radius 3 is 3.05 bits per heavy atom. The van der Waals surface area contributed by atoms with Crippen LogP contribution in [0.2, 0.25) is 0 Å². The molecule has 0 aliphatic carbocycles. The van der Waals surface area contributed by atoms with Crippen LogP contribution < -0.4 is 16.0 Å². The van der Waals surface area contributed by atoms with Crippen LogP contribution in [0.15, 0.2) is 16.6 Å². The molecule has 1 atom stereocenters. The van der Waals surface area contributed by atoms with Crippen molar-refractivity contribution in [2.45, 2.75) is 30.3 Å². The van der Waals surface area contributed by atoms with E-state index in [0.717, 1.165) is 12.8 Å². The van der Waals surface area contributed by atoms with Gasteiger partial charge in [-0.05, 0) is 19.8 Å². The summed E-state index contributed by atoms with van der Waals surface area (Å²) in [6.07, 6.45) is 3.20. The van der Waals surface area contributed by atoms with Crippen molar-refractivity contribution in [1.29, 1.82) is 0 Å². The molecular formula is C11H17N5O3S2. The van der Waals surface area contributed by atoms with Gasteiger partial charge in [0, 0.05) is 18.2 Å². The lowest BCUT2D eigenvalue weighted by molar-refractivity contribution is 0.0386. The Morgan fingerprint density at radius 2 is 2.38 bits per heavy atom. The highest BCUT2D eigenvalue weighted by Crippen LogP contribution is 2.27. The fraction of sp³-hybridized carbons (Fsp3) is 0.545. The van der Waals surface area contributed by atoms with E-state index in [2.05, 4.69) is 15.1 Å². The molecule has 1 aliphatic heterocycles. The molecule has 0 aromatic carbocycles. The topological polar surface area (TPSA) is 111 Å². The van der Waals surface area contributed by atoms with Gasteiger partial charge in [-0.1, -0.05) is 0 Å². The molecule has 3 rings (SSSR count). The van der Waals surface area contributed by atoms with Gasteiger partial charge in [-0.2, -0.15) is 4.98 Å². The summed E-state index contributed by atoms with van der Waals surface area (Å²) in [6.45, 7) is 2.85. The Balaban J connectivity index is 2.01. The molecule has 1 aliphatic rings. The summed E-state index contributed by atoms with van der Waals surface area (Å²) in [5.41, 5.74) is 1.73. The van der Waals surface area contributed by atoms with Gasteiger partial charge in [-0.15, -0.1) is 11.3 Å². The van der Waals surface area contributed by atoms with E-state index in [4.69, 9.17) is 10.6 Å². The van der Waals surface area contributed by atoms with Gasteiger partial charge in [0.2, 0.25) is 5.03 Å². The smallest absolute Gasteiger partial charge is 0.261 e. The molecule has 0 radical (unpaired) electrons. The molecule has 2 aromatic heterocycles. The molecule has 10 heteroatoms. The first-order valence-electron chi connectivity index (χ1n) is 6.49. The van der Waals surface area contributed by atoms with Gasteiger partial charge in [0.1, 0.15) is 0 Å². The van der Waals surface area contributed by atoms with E-state index in [-0.39, 0.29) is 10.8 Å². The standard InChI is InChI=1S/C11H17N5O3S2/c1-11(3-2-5-19-7-11)15-21(17,18)9-8(14-12)13-10-16(9)4-6-20-10/h4,6,14-15H,2-3,5,7,12H2,1H3. The Morgan fingerprint density at radius 1 is 1.57 bits per heavy atom. The second-order valence-electron chi connectivity index (χ2n) is 5.29. The Bertz CT molecular complexity index is 745. The number of nitrogens with two attached hydrogens (primary N) is 1. The van der Waals surface area contributed by atoms with Gasteiger partial charge >= 0.3 is 0 Å². The maximum absolute atomic E-state index is 12.7. The molecule has 2 aromatic rings. The average molecular weight is 331 g/mol. The highest BCUT2D eigenvalue weighted by Gasteiger charge is 2.36. The number of hydrazine groups is 1. The van der Waals surface area contributed by atoms with Crippen LogP contribution in [0.5, 0.6) is 0 Å². The number of imidazole rings is 1. The van der Waals surface area contributed by atoms with E-state index in [1.54, 1.807) is 11.6 Å². The maximum atomic E-state index is 12.7. The Kier molecular flexibility index (Phi) is 3.66. The minimum atomic E-state index is -3.78. The maximum Gasteiger partial charge on any atom is 0.261 e. The van der Waals surface area contributed by atoms with E-state index in [9.17, 15) is 8.42 Å². The lowest BCUT2D eigenvalue weighted by Gasteiger charge is -2.33. The van der Waals surface area contributed by atoms with Crippen LogP contribution in [0, 0.1) is 0 Å². The van der Waals surface area contributed by atoms with Crippen molar-refractivity contribution < 1.29 is 13.2 Å². The number of nitrogen functional groups attached to an aromatic ring is 1. The highest BCUT2D eigenvalue weighted by molar-refractivity contribution is 7.89. The van der Waals surface area contributed by atoms with Crippen LogP contribution in [-0.2, 0) is 14.8 Å². The number of sulfonamides is 1. The van der Waals surface area contributed by atoms with Crippen LogP contribution in [0.25, 0.3) is 4.96 Å². The predicted octanol–water partition coefficient (Wildman–Crippen LogP) is 0.529. The van der Waals surface area contributed by atoms with Crippen LogP contribution in [0.1, 0.15) is 19.8 Å². The molecule has 1 saturated heterocycles. The van der Waals surface area contributed by atoms with Crippen molar-refractivity contribution in [2.24, 2.45) is 5.84 Å². The number of hydrogen-bond acceptors (Lipinski definition) is 7. The molecule has 0 spiro atoms. The summed E-state index contributed by atoms with van der Waals surface area (Å²) in [5.74, 6) is 5.53. The Hall–Kier alpha value is -1.20. The summed E-state index contributed by atoms with van der Waals surface area (Å²) >= 11 is 1.34. The number of ether oxygens (including phenoxy) is 1. The molecular weight excluding hydrogens is 314 g/mol. The largest absolute Gasteiger partial charge is 0.380 e. The van der Waals surface area contributed by atoms with Gasteiger partial charge in [-0.3, -0.25) is 4.40 Å². The summed E-state index contributed by atoms with van der Waals surface area (Å²) in [7, 11) is -3.78. The van der Waals surface area contributed by atoms with Crippen molar-refractivity contribution >= 4 is 32.1 Å². The summed E-state index contributed by atoms with van der Waals surface area (Å²) in [6, 6.07) is 0. The third kappa shape index (κ3) is 2.64. The van der Waals surface area contributed by atoms with Gasteiger partial charge in [0.05, 0.1) is 12.1 Å². The Labute approximate surface area is 126 Å². The summed E-state index contributed by atoms with van der Waals surface area (Å²) in [4.78, 5) is 4.73. The van der Waals surface area contributed by atoms with Crippen molar-refractivity contribution in [2.75, 3.05) is 18.6 Å². The summed E-state index contributed by atoms with van der Waals surface area (Å²) < 4.78 is 35.1. The zero-order chi connectivity index (χ0) is 15.1. The molecule has 8 nitrogen and oxygen atoms in total. The molecule has 4 N–H and O–H groups in total. The molecule has 0 amide bonds.